The summed E-state index contributed by atoms with van der Waals surface area (Å²) in [6.07, 6.45) is -4.43. The first-order valence-electron chi connectivity index (χ1n) is 9.57. The summed E-state index contributed by atoms with van der Waals surface area (Å²) >= 11 is 0. The Hall–Kier alpha value is -3.35. The molecule has 0 saturated carbocycles. The average Bonchev–Trinajstić information content (AvgIpc) is 2.70. The van der Waals surface area contributed by atoms with Crippen molar-refractivity contribution in [2.45, 2.75) is 20.0 Å². The molecule has 2 nitrogen and oxygen atoms in total. The van der Waals surface area contributed by atoms with Crippen LogP contribution in [0.2, 0.25) is 0 Å². The lowest BCUT2D eigenvalue weighted by Crippen LogP contribution is -2.18. The second kappa shape index (κ2) is 8.79. The fraction of sp³-hybridized carbons (Fsp3) is 0.167. The van der Waals surface area contributed by atoms with Crippen LogP contribution in [0.5, 0.6) is 0 Å². The van der Waals surface area contributed by atoms with Crippen LogP contribution in [0, 0.1) is 18.6 Å². The molecule has 1 N–H and O–H groups in total. The number of hydrogen-bond acceptors (Lipinski definition) is 2. The number of nitrogens with one attached hydrogen (secondary N) is 1. The molecule has 0 fully saturated rings. The van der Waals surface area contributed by atoms with Crippen molar-refractivity contribution in [1.82, 2.24) is 0 Å². The zero-order valence-electron chi connectivity index (χ0n) is 17.0. The first kappa shape index (κ1) is 22.3. The normalized spacial score (nSPS) is 11.3. The van der Waals surface area contributed by atoms with Crippen LogP contribution < -0.4 is 10.2 Å². The summed E-state index contributed by atoms with van der Waals surface area (Å²) < 4.78 is 67.3. The highest BCUT2D eigenvalue weighted by molar-refractivity contribution is 5.77. The van der Waals surface area contributed by atoms with Gasteiger partial charge in [-0.25, -0.2) is 8.78 Å². The highest BCUT2D eigenvalue weighted by Gasteiger charge is 2.31. The molecule has 0 amide bonds. The molecular formula is C24H21F5N2. The van der Waals surface area contributed by atoms with E-state index < -0.39 is 23.4 Å². The number of hydrogen-bond donors (Lipinski definition) is 1. The molecular weight excluding hydrogens is 411 g/mol. The van der Waals surface area contributed by atoms with Crippen molar-refractivity contribution in [3.05, 3.63) is 95.6 Å². The van der Waals surface area contributed by atoms with Gasteiger partial charge in [0.1, 0.15) is 11.6 Å². The van der Waals surface area contributed by atoms with Crippen molar-refractivity contribution in [3.63, 3.8) is 0 Å². The largest absolute Gasteiger partial charge is 0.416 e. The molecule has 31 heavy (non-hydrogen) atoms. The van der Waals surface area contributed by atoms with Crippen molar-refractivity contribution >= 4 is 22.8 Å². The summed E-state index contributed by atoms with van der Waals surface area (Å²) in [7, 11) is 0. The van der Waals surface area contributed by atoms with Gasteiger partial charge >= 0.3 is 6.18 Å². The Balaban J connectivity index is 1.86. The topological polar surface area (TPSA) is 15.3 Å². The number of anilines is 3. The SMILES string of the molecule is C=C(Nc1ccc(N(CC)c2cc(C(F)(F)F)ccc2C)cc1)c1c(F)cccc1F. The average molecular weight is 432 g/mol. The van der Waals surface area contributed by atoms with E-state index in [-0.39, 0.29) is 11.3 Å². The van der Waals surface area contributed by atoms with E-state index >= 15 is 0 Å². The minimum atomic E-state index is -4.43. The van der Waals surface area contributed by atoms with Crippen LogP contribution in [-0.4, -0.2) is 6.54 Å². The molecule has 0 aliphatic carbocycles. The maximum Gasteiger partial charge on any atom is 0.416 e. The molecule has 0 aliphatic rings. The van der Waals surface area contributed by atoms with Crippen molar-refractivity contribution in [2.24, 2.45) is 0 Å². The van der Waals surface area contributed by atoms with Crippen LogP contribution >= 0.6 is 0 Å². The third-order valence-corrected chi connectivity index (χ3v) is 4.88. The standard InChI is InChI=1S/C24H21F5N2/c1-4-31(22-14-17(24(27,28)29)9-8-15(22)2)19-12-10-18(11-13-19)30-16(3)23-20(25)6-5-7-21(23)26/h5-14,30H,3-4H2,1-2H3. The molecule has 0 heterocycles. The van der Waals surface area contributed by atoms with E-state index in [0.29, 0.717) is 29.2 Å². The number of nitrogens with zero attached hydrogens (tertiary/aromatic N) is 1. The number of halogens is 5. The zero-order chi connectivity index (χ0) is 22.8. The first-order chi connectivity index (χ1) is 14.6. The number of alkyl halides is 3. The third kappa shape index (κ3) is 4.87. The maximum atomic E-state index is 13.9. The lowest BCUT2D eigenvalue weighted by Gasteiger charge is -2.26. The summed E-state index contributed by atoms with van der Waals surface area (Å²) in [6.45, 7) is 7.74. The van der Waals surface area contributed by atoms with Gasteiger partial charge in [0.15, 0.2) is 0 Å². The molecule has 0 atom stereocenters. The summed E-state index contributed by atoms with van der Waals surface area (Å²) in [4.78, 5) is 1.76. The second-order valence-corrected chi connectivity index (χ2v) is 6.99. The van der Waals surface area contributed by atoms with Crippen LogP contribution in [0.15, 0.2) is 67.2 Å². The van der Waals surface area contributed by atoms with Gasteiger partial charge in [-0.05, 0) is 67.9 Å². The molecule has 7 heteroatoms. The van der Waals surface area contributed by atoms with Gasteiger partial charge in [0, 0.05) is 29.3 Å². The van der Waals surface area contributed by atoms with E-state index in [1.54, 1.807) is 36.1 Å². The van der Waals surface area contributed by atoms with Crippen molar-refractivity contribution in [2.75, 3.05) is 16.8 Å². The van der Waals surface area contributed by atoms with Crippen molar-refractivity contribution in [3.8, 4) is 0 Å². The summed E-state index contributed by atoms with van der Waals surface area (Å²) in [5.74, 6) is -1.46. The lowest BCUT2D eigenvalue weighted by atomic mass is 10.1. The van der Waals surface area contributed by atoms with Gasteiger partial charge in [-0.2, -0.15) is 13.2 Å². The highest BCUT2D eigenvalue weighted by atomic mass is 19.4. The van der Waals surface area contributed by atoms with Gasteiger partial charge in [-0.15, -0.1) is 0 Å². The Bertz CT molecular complexity index is 1070. The Kier molecular flexibility index (Phi) is 6.34. The zero-order valence-corrected chi connectivity index (χ0v) is 17.0. The quantitative estimate of drug-likeness (QED) is 0.405. The minimum Gasteiger partial charge on any atom is -0.355 e. The van der Waals surface area contributed by atoms with Crippen LogP contribution in [0.1, 0.15) is 23.6 Å². The smallest absolute Gasteiger partial charge is 0.355 e. The molecule has 3 rings (SSSR count). The van der Waals surface area contributed by atoms with Crippen LogP contribution in [0.25, 0.3) is 5.70 Å². The molecule has 0 radical (unpaired) electrons. The van der Waals surface area contributed by atoms with Crippen LogP contribution in [0.4, 0.5) is 39.0 Å². The molecule has 162 valence electrons. The highest BCUT2D eigenvalue weighted by Crippen LogP contribution is 2.36. The molecule has 3 aromatic carbocycles. The van der Waals surface area contributed by atoms with Crippen molar-refractivity contribution in [1.29, 1.82) is 0 Å². The van der Waals surface area contributed by atoms with Gasteiger partial charge in [0.05, 0.1) is 11.1 Å². The Morgan fingerprint density at radius 2 is 1.58 bits per heavy atom. The van der Waals surface area contributed by atoms with Crippen LogP contribution in [-0.2, 0) is 6.18 Å². The van der Waals surface area contributed by atoms with Gasteiger partial charge in [0.25, 0.3) is 0 Å². The molecule has 0 aliphatic heterocycles. The lowest BCUT2D eigenvalue weighted by molar-refractivity contribution is -0.137. The van der Waals surface area contributed by atoms with E-state index in [2.05, 4.69) is 11.9 Å². The predicted octanol–water partition coefficient (Wildman–Crippen LogP) is 7.53. The second-order valence-electron chi connectivity index (χ2n) is 6.99. The number of benzene rings is 3. The van der Waals surface area contributed by atoms with E-state index in [1.807, 2.05) is 6.92 Å². The third-order valence-electron chi connectivity index (χ3n) is 4.88. The molecule has 0 bridgehead atoms. The first-order valence-corrected chi connectivity index (χ1v) is 9.57. The van der Waals surface area contributed by atoms with Crippen molar-refractivity contribution < 1.29 is 22.0 Å². The van der Waals surface area contributed by atoms with E-state index in [9.17, 15) is 22.0 Å². The number of rotatable bonds is 6. The van der Waals surface area contributed by atoms with Gasteiger partial charge in [0.2, 0.25) is 0 Å². The molecule has 0 saturated heterocycles. The van der Waals surface area contributed by atoms with E-state index in [0.717, 1.165) is 24.3 Å². The van der Waals surface area contributed by atoms with E-state index in [1.165, 1.54) is 12.1 Å². The van der Waals surface area contributed by atoms with Gasteiger partial charge < -0.3 is 10.2 Å². The Morgan fingerprint density at radius 1 is 0.968 bits per heavy atom. The summed E-state index contributed by atoms with van der Waals surface area (Å²) in [6, 6.07) is 14.0. The van der Waals surface area contributed by atoms with Crippen LogP contribution in [0.3, 0.4) is 0 Å². The maximum absolute atomic E-state index is 13.9. The number of aryl methyl sites for hydroxylation is 1. The fourth-order valence-electron chi connectivity index (χ4n) is 3.32. The van der Waals surface area contributed by atoms with Gasteiger partial charge in [-0.3, -0.25) is 0 Å². The molecule has 0 spiro atoms. The molecule has 0 aromatic heterocycles. The minimum absolute atomic E-state index is 0.0596. The van der Waals surface area contributed by atoms with E-state index in [4.69, 9.17) is 0 Å². The Labute approximate surface area is 177 Å². The monoisotopic (exact) mass is 432 g/mol. The molecule has 3 aromatic rings. The summed E-state index contributed by atoms with van der Waals surface area (Å²) in [5.41, 5.74) is 1.47. The fourth-order valence-corrected chi connectivity index (χ4v) is 3.32. The molecule has 0 unspecified atom stereocenters. The summed E-state index contributed by atoms with van der Waals surface area (Å²) in [5, 5.41) is 2.86. The Morgan fingerprint density at radius 3 is 2.13 bits per heavy atom. The van der Waals surface area contributed by atoms with Gasteiger partial charge in [-0.1, -0.05) is 18.7 Å². The predicted molar refractivity (Wildman–Crippen MR) is 114 cm³/mol.